The SMILES string of the molecule is CN(C)CCCC(F)(F)C=CC(=O)Nc1cc2c(Nc3cccc(Br)c3)ncnc2cn1. The first kappa shape index (κ1) is 23.7. The van der Waals surface area contributed by atoms with E-state index in [9.17, 15) is 13.6 Å². The van der Waals surface area contributed by atoms with Crippen LogP contribution in [0.3, 0.4) is 0 Å². The minimum atomic E-state index is -3.06. The van der Waals surface area contributed by atoms with E-state index >= 15 is 0 Å². The van der Waals surface area contributed by atoms with Crippen LogP contribution < -0.4 is 10.6 Å². The van der Waals surface area contributed by atoms with Gasteiger partial charge in [0.15, 0.2) is 0 Å². The second-order valence-electron chi connectivity index (χ2n) is 7.43. The number of carbonyl (C=O) groups is 1. The number of amides is 1. The van der Waals surface area contributed by atoms with Crippen molar-refractivity contribution in [1.29, 1.82) is 0 Å². The minimum absolute atomic E-state index is 0.204. The van der Waals surface area contributed by atoms with Gasteiger partial charge in [0.2, 0.25) is 5.91 Å². The van der Waals surface area contributed by atoms with Crippen LogP contribution in [0.15, 0.2) is 59.5 Å². The molecule has 32 heavy (non-hydrogen) atoms. The lowest BCUT2D eigenvalue weighted by Gasteiger charge is -2.14. The number of nitrogens with zero attached hydrogens (tertiary/aromatic N) is 4. The molecule has 0 aliphatic carbocycles. The van der Waals surface area contributed by atoms with Crippen molar-refractivity contribution < 1.29 is 13.6 Å². The van der Waals surface area contributed by atoms with Crippen LogP contribution >= 0.6 is 15.9 Å². The van der Waals surface area contributed by atoms with Gasteiger partial charge in [-0.05, 0) is 57.4 Å². The lowest BCUT2D eigenvalue weighted by molar-refractivity contribution is -0.112. The summed E-state index contributed by atoms with van der Waals surface area (Å²) in [5.41, 5.74) is 1.37. The Kier molecular flexibility index (Phi) is 7.81. The summed E-state index contributed by atoms with van der Waals surface area (Å²) in [5.74, 6) is -3.02. The van der Waals surface area contributed by atoms with Crippen molar-refractivity contribution in [2.75, 3.05) is 31.3 Å². The van der Waals surface area contributed by atoms with Crippen molar-refractivity contribution >= 4 is 50.1 Å². The van der Waals surface area contributed by atoms with Crippen LogP contribution in [0.5, 0.6) is 0 Å². The van der Waals surface area contributed by atoms with E-state index < -0.39 is 11.8 Å². The molecule has 0 aliphatic rings. The van der Waals surface area contributed by atoms with Crippen LogP contribution in [0.4, 0.5) is 26.1 Å². The number of allylic oxidation sites excluding steroid dienone is 1. The molecule has 168 valence electrons. The van der Waals surface area contributed by atoms with Gasteiger partial charge in [0.1, 0.15) is 18.0 Å². The number of alkyl halides is 2. The molecule has 3 aromatic rings. The Hall–Kier alpha value is -2.98. The summed E-state index contributed by atoms with van der Waals surface area (Å²) in [6.45, 7) is 0.551. The lowest BCUT2D eigenvalue weighted by Crippen LogP contribution is -2.19. The number of fused-ring (bicyclic) bond motifs is 1. The fourth-order valence-corrected chi connectivity index (χ4v) is 3.31. The highest BCUT2D eigenvalue weighted by Crippen LogP contribution is 2.26. The Bertz CT molecular complexity index is 1120. The first-order valence-corrected chi connectivity index (χ1v) is 10.7. The highest BCUT2D eigenvalue weighted by molar-refractivity contribution is 9.10. The standard InChI is InChI=1S/C22H23BrF2N6O/c1-31(2)10-4-8-22(24,25)9-7-20(32)30-19-12-17-18(13-26-19)27-14-28-21(17)29-16-6-3-5-15(23)11-16/h3,5-7,9,11-14H,4,8,10H2,1-2H3,(H,26,30,32)(H,27,28,29). The maximum Gasteiger partial charge on any atom is 0.267 e. The van der Waals surface area contributed by atoms with E-state index in [-0.39, 0.29) is 12.2 Å². The van der Waals surface area contributed by atoms with Crippen molar-refractivity contribution in [2.45, 2.75) is 18.8 Å². The molecule has 0 radical (unpaired) electrons. The summed E-state index contributed by atoms with van der Waals surface area (Å²) in [6, 6.07) is 9.15. The molecule has 1 aromatic carbocycles. The molecule has 3 rings (SSSR count). The van der Waals surface area contributed by atoms with Gasteiger partial charge in [-0.25, -0.2) is 23.7 Å². The molecule has 1 amide bonds. The molecule has 0 atom stereocenters. The summed E-state index contributed by atoms with van der Waals surface area (Å²) in [5, 5.41) is 6.34. The van der Waals surface area contributed by atoms with E-state index in [1.165, 1.54) is 12.5 Å². The highest BCUT2D eigenvalue weighted by atomic mass is 79.9. The number of anilines is 3. The average Bonchev–Trinajstić information content (AvgIpc) is 2.72. The summed E-state index contributed by atoms with van der Waals surface area (Å²) in [4.78, 5) is 26.6. The maximum atomic E-state index is 13.9. The number of hydrogen-bond donors (Lipinski definition) is 2. The monoisotopic (exact) mass is 504 g/mol. The summed E-state index contributed by atoms with van der Waals surface area (Å²) in [6.07, 6.45) is 4.35. The second-order valence-corrected chi connectivity index (χ2v) is 8.35. The predicted molar refractivity (Wildman–Crippen MR) is 125 cm³/mol. The Morgan fingerprint density at radius 1 is 1.22 bits per heavy atom. The minimum Gasteiger partial charge on any atom is -0.340 e. The Morgan fingerprint density at radius 2 is 2.03 bits per heavy atom. The Labute approximate surface area is 193 Å². The van der Waals surface area contributed by atoms with Crippen LogP contribution in [0.2, 0.25) is 0 Å². The largest absolute Gasteiger partial charge is 0.340 e. The zero-order valence-electron chi connectivity index (χ0n) is 17.6. The Balaban J connectivity index is 1.71. The zero-order valence-corrected chi connectivity index (χ0v) is 19.2. The molecular formula is C22H23BrF2N6O. The zero-order chi connectivity index (χ0) is 23.1. The van der Waals surface area contributed by atoms with Crippen molar-refractivity contribution in [3.63, 3.8) is 0 Å². The molecule has 7 nitrogen and oxygen atoms in total. The molecule has 0 spiro atoms. The molecule has 0 aliphatic heterocycles. The van der Waals surface area contributed by atoms with Crippen molar-refractivity contribution in [1.82, 2.24) is 19.9 Å². The summed E-state index contributed by atoms with van der Waals surface area (Å²) >= 11 is 3.42. The van der Waals surface area contributed by atoms with Crippen LogP contribution in [-0.2, 0) is 4.79 Å². The van der Waals surface area contributed by atoms with E-state index in [0.29, 0.717) is 35.8 Å². The summed E-state index contributed by atoms with van der Waals surface area (Å²) < 4.78 is 28.8. The van der Waals surface area contributed by atoms with E-state index in [1.807, 2.05) is 43.3 Å². The van der Waals surface area contributed by atoms with E-state index in [1.54, 1.807) is 6.07 Å². The molecule has 0 bridgehead atoms. The van der Waals surface area contributed by atoms with Gasteiger partial charge in [0.05, 0.1) is 11.7 Å². The number of carbonyl (C=O) groups excluding carboxylic acids is 1. The smallest absolute Gasteiger partial charge is 0.267 e. The number of aromatic nitrogens is 3. The number of benzene rings is 1. The van der Waals surface area contributed by atoms with Gasteiger partial charge in [0.25, 0.3) is 5.92 Å². The quantitative estimate of drug-likeness (QED) is 0.399. The van der Waals surface area contributed by atoms with Crippen LogP contribution in [-0.4, -0.2) is 52.3 Å². The fourth-order valence-electron chi connectivity index (χ4n) is 2.91. The maximum absolute atomic E-state index is 13.9. The van der Waals surface area contributed by atoms with Gasteiger partial charge in [-0.15, -0.1) is 0 Å². The van der Waals surface area contributed by atoms with Gasteiger partial charge >= 0.3 is 0 Å². The predicted octanol–water partition coefficient (Wildman–Crippen LogP) is 5.00. The van der Waals surface area contributed by atoms with E-state index in [0.717, 1.165) is 16.2 Å². The van der Waals surface area contributed by atoms with Gasteiger partial charge < -0.3 is 15.5 Å². The third-order valence-corrected chi connectivity index (χ3v) is 4.95. The van der Waals surface area contributed by atoms with Gasteiger partial charge in [-0.1, -0.05) is 22.0 Å². The van der Waals surface area contributed by atoms with Gasteiger partial charge in [0, 0.05) is 28.0 Å². The molecule has 0 saturated heterocycles. The first-order valence-electron chi connectivity index (χ1n) is 9.88. The number of halogens is 3. The van der Waals surface area contributed by atoms with Crippen molar-refractivity contribution in [2.24, 2.45) is 0 Å². The first-order chi connectivity index (χ1) is 15.2. The summed E-state index contributed by atoms with van der Waals surface area (Å²) in [7, 11) is 3.64. The van der Waals surface area contributed by atoms with E-state index in [4.69, 9.17) is 0 Å². The molecule has 0 unspecified atom stereocenters. The van der Waals surface area contributed by atoms with Crippen molar-refractivity contribution in [3.8, 4) is 0 Å². The molecule has 2 aromatic heterocycles. The second kappa shape index (κ2) is 10.6. The number of nitrogens with one attached hydrogen (secondary N) is 2. The molecule has 2 N–H and O–H groups in total. The number of hydrogen-bond acceptors (Lipinski definition) is 6. The molecular weight excluding hydrogens is 482 g/mol. The van der Waals surface area contributed by atoms with Crippen LogP contribution in [0.25, 0.3) is 10.9 Å². The topological polar surface area (TPSA) is 83.0 Å². The average molecular weight is 505 g/mol. The Morgan fingerprint density at radius 3 is 2.78 bits per heavy atom. The number of pyridine rings is 1. The third-order valence-electron chi connectivity index (χ3n) is 4.45. The van der Waals surface area contributed by atoms with Crippen LogP contribution in [0.1, 0.15) is 12.8 Å². The van der Waals surface area contributed by atoms with E-state index in [2.05, 4.69) is 41.5 Å². The fraction of sp³-hybridized carbons (Fsp3) is 0.273. The normalized spacial score (nSPS) is 11.9. The van der Waals surface area contributed by atoms with Gasteiger partial charge in [-0.2, -0.15) is 0 Å². The molecule has 0 saturated carbocycles. The van der Waals surface area contributed by atoms with Crippen molar-refractivity contribution in [3.05, 3.63) is 59.5 Å². The highest BCUT2D eigenvalue weighted by Gasteiger charge is 2.24. The molecule has 0 fully saturated rings. The molecule has 2 heterocycles. The third kappa shape index (κ3) is 7.03. The van der Waals surface area contributed by atoms with Gasteiger partial charge in [-0.3, -0.25) is 4.79 Å². The molecule has 10 heteroatoms. The lowest BCUT2D eigenvalue weighted by atomic mass is 10.1. The van der Waals surface area contributed by atoms with Crippen LogP contribution in [0, 0.1) is 0 Å². The number of rotatable bonds is 9.